The summed E-state index contributed by atoms with van der Waals surface area (Å²) >= 11 is 0. The highest BCUT2D eigenvalue weighted by molar-refractivity contribution is 5.96. The van der Waals surface area contributed by atoms with Crippen molar-refractivity contribution in [3.8, 4) is 5.69 Å². The van der Waals surface area contributed by atoms with Crippen molar-refractivity contribution >= 4 is 5.91 Å². The lowest BCUT2D eigenvalue weighted by Gasteiger charge is -2.27. The molecule has 5 heteroatoms. The molecule has 3 rings (SSSR count). The smallest absolute Gasteiger partial charge is 0.255 e. The van der Waals surface area contributed by atoms with E-state index in [1.54, 1.807) is 0 Å². The summed E-state index contributed by atoms with van der Waals surface area (Å²) in [6.45, 7) is 6.52. The van der Waals surface area contributed by atoms with Crippen molar-refractivity contribution in [2.45, 2.75) is 13.8 Å². The second-order valence-electron chi connectivity index (χ2n) is 5.53. The molecule has 1 amide bonds. The zero-order valence-electron chi connectivity index (χ0n) is 12.4. The predicted molar refractivity (Wildman–Crippen MR) is 81.7 cm³/mol. The van der Waals surface area contributed by atoms with Gasteiger partial charge in [-0.1, -0.05) is 18.2 Å². The molecule has 0 bridgehead atoms. The molecule has 21 heavy (non-hydrogen) atoms. The number of hydrogen-bond donors (Lipinski definition) is 2. The number of carbonyl (C=O) groups excluding carboxylic acids is 1. The topological polar surface area (TPSA) is 59.0 Å². The molecule has 110 valence electrons. The van der Waals surface area contributed by atoms with Crippen molar-refractivity contribution in [1.82, 2.24) is 20.4 Å². The van der Waals surface area contributed by atoms with Gasteiger partial charge in [0.25, 0.3) is 5.91 Å². The summed E-state index contributed by atoms with van der Waals surface area (Å²) in [6, 6.07) is 9.88. The van der Waals surface area contributed by atoms with Crippen LogP contribution < -0.4 is 10.6 Å². The minimum Gasteiger partial charge on any atom is -0.352 e. The molecule has 0 spiro atoms. The summed E-state index contributed by atoms with van der Waals surface area (Å²) in [6.07, 6.45) is 0. The Morgan fingerprint density at radius 1 is 1.33 bits per heavy atom. The Kier molecular flexibility index (Phi) is 3.75. The first-order chi connectivity index (χ1) is 10.2. The largest absolute Gasteiger partial charge is 0.352 e. The van der Waals surface area contributed by atoms with E-state index in [2.05, 4.69) is 15.7 Å². The van der Waals surface area contributed by atoms with Gasteiger partial charge in [-0.3, -0.25) is 4.79 Å². The van der Waals surface area contributed by atoms with Gasteiger partial charge in [-0.05, 0) is 26.0 Å². The van der Waals surface area contributed by atoms with Gasteiger partial charge in [0, 0.05) is 25.6 Å². The number of amides is 1. The molecule has 0 aliphatic carbocycles. The zero-order chi connectivity index (χ0) is 14.8. The van der Waals surface area contributed by atoms with Crippen molar-refractivity contribution in [2.75, 3.05) is 19.6 Å². The summed E-state index contributed by atoms with van der Waals surface area (Å²) in [5, 5.41) is 10.7. The van der Waals surface area contributed by atoms with E-state index in [0.717, 1.165) is 36.7 Å². The van der Waals surface area contributed by atoms with Crippen molar-refractivity contribution in [1.29, 1.82) is 0 Å². The maximum Gasteiger partial charge on any atom is 0.255 e. The fourth-order valence-electron chi connectivity index (χ4n) is 2.61. The molecule has 1 fully saturated rings. The Hall–Kier alpha value is -2.14. The highest BCUT2D eigenvalue weighted by atomic mass is 16.1. The Balaban J connectivity index is 1.82. The van der Waals surface area contributed by atoms with Gasteiger partial charge in [0.2, 0.25) is 0 Å². The molecule has 0 saturated carbocycles. The third-order valence-corrected chi connectivity index (χ3v) is 3.94. The quantitative estimate of drug-likeness (QED) is 0.893. The number of benzene rings is 1. The molecule has 1 saturated heterocycles. The van der Waals surface area contributed by atoms with E-state index in [9.17, 15) is 4.79 Å². The first kappa shape index (κ1) is 13.8. The number of aromatic nitrogens is 2. The molecule has 2 N–H and O–H groups in total. The van der Waals surface area contributed by atoms with Gasteiger partial charge in [-0.15, -0.1) is 0 Å². The summed E-state index contributed by atoms with van der Waals surface area (Å²) in [5.74, 6) is 0.526. The summed E-state index contributed by atoms with van der Waals surface area (Å²) < 4.78 is 1.83. The molecule has 1 aliphatic heterocycles. The molecule has 0 unspecified atom stereocenters. The first-order valence-corrected chi connectivity index (χ1v) is 7.27. The molecule has 1 aromatic carbocycles. The minimum absolute atomic E-state index is 0.0286. The average Bonchev–Trinajstić information content (AvgIpc) is 2.73. The Labute approximate surface area is 124 Å². The summed E-state index contributed by atoms with van der Waals surface area (Å²) in [5.41, 5.74) is 3.30. The van der Waals surface area contributed by atoms with Crippen LogP contribution in [0.25, 0.3) is 5.69 Å². The van der Waals surface area contributed by atoms with Crippen LogP contribution in [0, 0.1) is 19.8 Å². The second kappa shape index (κ2) is 5.69. The molecule has 1 aliphatic rings. The van der Waals surface area contributed by atoms with E-state index in [-0.39, 0.29) is 5.91 Å². The van der Waals surface area contributed by atoms with Crippen LogP contribution in [0.4, 0.5) is 0 Å². The normalized spacial score (nSPS) is 14.8. The van der Waals surface area contributed by atoms with Crippen LogP contribution in [0.5, 0.6) is 0 Å². The van der Waals surface area contributed by atoms with Crippen LogP contribution in [0.2, 0.25) is 0 Å². The zero-order valence-corrected chi connectivity index (χ0v) is 12.4. The van der Waals surface area contributed by atoms with Crippen LogP contribution >= 0.6 is 0 Å². The third-order valence-electron chi connectivity index (χ3n) is 3.94. The van der Waals surface area contributed by atoms with E-state index in [1.165, 1.54) is 0 Å². The Bertz CT molecular complexity index is 644. The highest BCUT2D eigenvalue weighted by Gasteiger charge is 2.22. The van der Waals surface area contributed by atoms with Crippen molar-refractivity contribution in [2.24, 2.45) is 5.92 Å². The van der Waals surface area contributed by atoms with Crippen molar-refractivity contribution in [3.05, 3.63) is 47.3 Å². The number of nitrogens with one attached hydrogen (secondary N) is 2. The number of nitrogens with zero attached hydrogens (tertiary/aromatic N) is 2. The molecular formula is C16H20N4O. The number of para-hydroxylation sites is 1. The van der Waals surface area contributed by atoms with Crippen LogP contribution in [-0.2, 0) is 0 Å². The number of rotatable bonds is 4. The Morgan fingerprint density at radius 3 is 2.67 bits per heavy atom. The minimum atomic E-state index is -0.0286. The van der Waals surface area contributed by atoms with E-state index >= 15 is 0 Å². The van der Waals surface area contributed by atoms with E-state index in [0.29, 0.717) is 11.5 Å². The van der Waals surface area contributed by atoms with Crippen LogP contribution in [0.1, 0.15) is 21.7 Å². The van der Waals surface area contributed by atoms with E-state index < -0.39 is 0 Å². The van der Waals surface area contributed by atoms with Gasteiger partial charge in [0.05, 0.1) is 22.6 Å². The van der Waals surface area contributed by atoms with Crippen LogP contribution in [0.3, 0.4) is 0 Å². The van der Waals surface area contributed by atoms with Gasteiger partial charge < -0.3 is 10.6 Å². The van der Waals surface area contributed by atoms with Crippen molar-refractivity contribution in [3.63, 3.8) is 0 Å². The Morgan fingerprint density at radius 2 is 2.05 bits per heavy atom. The van der Waals surface area contributed by atoms with E-state index in [1.807, 2.05) is 48.9 Å². The van der Waals surface area contributed by atoms with Gasteiger partial charge in [-0.25, -0.2) is 4.68 Å². The van der Waals surface area contributed by atoms with Gasteiger partial charge in [0.15, 0.2) is 0 Å². The van der Waals surface area contributed by atoms with Crippen LogP contribution in [-0.4, -0.2) is 35.3 Å². The lowest BCUT2D eigenvalue weighted by Crippen LogP contribution is -2.48. The lowest BCUT2D eigenvalue weighted by atomic mass is 10.0. The molecule has 0 radical (unpaired) electrons. The number of hydrogen-bond acceptors (Lipinski definition) is 3. The highest BCUT2D eigenvalue weighted by Crippen LogP contribution is 2.17. The molecule has 1 aromatic heterocycles. The second-order valence-corrected chi connectivity index (χ2v) is 5.53. The molecule has 2 heterocycles. The standard InChI is InChI=1S/C16H20N4O/c1-11-15(16(21)18-10-13-8-17-9-13)12(2)20(19-11)14-6-4-3-5-7-14/h3-7,13,17H,8-10H2,1-2H3,(H,18,21). The first-order valence-electron chi connectivity index (χ1n) is 7.27. The molecule has 0 atom stereocenters. The summed E-state index contributed by atoms with van der Waals surface area (Å²) in [4.78, 5) is 12.4. The molecule has 2 aromatic rings. The third kappa shape index (κ3) is 2.69. The van der Waals surface area contributed by atoms with Gasteiger partial charge >= 0.3 is 0 Å². The number of carbonyl (C=O) groups is 1. The fourth-order valence-corrected chi connectivity index (χ4v) is 2.61. The number of aryl methyl sites for hydroxylation is 1. The van der Waals surface area contributed by atoms with Crippen LogP contribution in [0.15, 0.2) is 30.3 Å². The lowest BCUT2D eigenvalue weighted by molar-refractivity contribution is 0.0941. The van der Waals surface area contributed by atoms with Gasteiger partial charge in [-0.2, -0.15) is 5.10 Å². The average molecular weight is 284 g/mol. The maximum atomic E-state index is 12.4. The molecule has 5 nitrogen and oxygen atoms in total. The predicted octanol–water partition coefficient (Wildman–Crippen LogP) is 1.44. The van der Waals surface area contributed by atoms with Crippen molar-refractivity contribution < 1.29 is 4.79 Å². The molecular weight excluding hydrogens is 264 g/mol. The SMILES string of the molecule is Cc1nn(-c2ccccc2)c(C)c1C(=O)NCC1CNC1. The summed E-state index contributed by atoms with van der Waals surface area (Å²) in [7, 11) is 0. The fraction of sp³-hybridized carbons (Fsp3) is 0.375. The van der Waals surface area contributed by atoms with E-state index in [4.69, 9.17) is 0 Å². The maximum absolute atomic E-state index is 12.4. The van der Waals surface area contributed by atoms with Gasteiger partial charge in [0.1, 0.15) is 0 Å². The monoisotopic (exact) mass is 284 g/mol.